The van der Waals surface area contributed by atoms with Gasteiger partial charge in [-0.05, 0) is 17.7 Å². The smallest absolute Gasteiger partial charge is 0.335 e. The molecule has 1 atom stereocenters. The minimum atomic E-state index is -1.13. The van der Waals surface area contributed by atoms with Crippen molar-refractivity contribution in [1.29, 1.82) is 0 Å². The first-order chi connectivity index (χ1) is 13.3. The van der Waals surface area contributed by atoms with Crippen LogP contribution in [0.5, 0.6) is 0 Å². The Bertz CT molecular complexity index is 1020. The predicted octanol–water partition coefficient (Wildman–Crippen LogP) is 2.77. The summed E-state index contributed by atoms with van der Waals surface area (Å²) in [6, 6.07) is 11.7. The van der Waals surface area contributed by atoms with E-state index in [1.807, 2.05) is 0 Å². The molecule has 2 aromatic carbocycles. The van der Waals surface area contributed by atoms with E-state index in [2.05, 4.69) is 4.74 Å². The molecule has 0 bridgehead atoms. The molecule has 0 saturated carbocycles. The number of aliphatic hydroxyl groups excluding tert-OH is 1. The number of carbonyl (C=O) groups excluding carboxylic acids is 3. The molecule has 1 aliphatic carbocycles. The molecule has 1 aliphatic rings. The van der Waals surface area contributed by atoms with Crippen molar-refractivity contribution in [2.45, 2.75) is 12.3 Å². The van der Waals surface area contributed by atoms with Crippen LogP contribution in [0.1, 0.15) is 44.2 Å². The molecule has 1 unspecified atom stereocenters. The van der Waals surface area contributed by atoms with Gasteiger partial charge in [0.25, 0.3) is 0 Å². The lowest BCUT2D eigenvalue weighted by Gasteiger charge is -2.24. The molecule has 2 aromatic rings. The van der Waals surface area contributed by atoms with Gasteiger partial charge >= 0.3 is 11.9 Å². The van der Waals surface area contributed by atoms with Crippen molar-refractivity contribution in [2.24, 2.45) is 0 Å². The van der Waals surface area contributed by atoms with Crippen LogP contribution in [0.2, 0.25) is 0 Å². The first-order valence-electron chi connectivity index (χ1n) is 8.36. The van der Waals surface area contributed by atoms with Crippen LogP contribution in [-0.2, 0) is 14.3 Å². The Morgan fingerprint density at radius 2 is 1.57 bits per heavy atom. The monoisotopic (exact) mass is 380 g/mol. The van der Waals surface area contributed by atoms with E-state index in [0.29, 0.717) is 5.56 Å². The molecule has 0 saturated heterocycles. The average Bonchev–Trinajstić information content (AvgIpc) is 2.71. The fourth-order valence-electron chi connectivity index (χ4n) is 3.20. The predicted molar refractivity (Wildman–Crippen MR) is 98.1 cm³/mol. The van der Waals surface area contributed by atoms with E-state index in [1.54, 1.807) is 12.1 Å². The van der Waals surface area contributed by atoms with Gasteiger partial charge in [-0.1, -0.05) is 36.4 Å². The van der Waals surface area contributed by atoms with Crippen LogP contribution >= 0.6 is 0 Å². The first kappa shape index (κ1) is 19.0. The van der Waals surface area contributed by atoms with Crippen molar-refractivity contribution in [3.05, 3.63) is 76.4 Å². The normalized spacial score (nSPS) is 14.5. The van der Waals surface area contributed by atoms with E-state index >= 15 is 0 Å². The number of carboxylic acid groups (broad SMARTS) is 1. The standard InChI is InChI=1S/C21H16O7/c1-28-16(22)10-15(11-6-8-12(9-7-11)21(26)27)17-18(23)13-4-2-3-5-14(13)19(24)20(17)25/h2-9,15,23H,10H2,1H3,(H,26,27). The van der Waals surface area contributed by atoms with Gasteiger partial charge in [-0.15, -0.1) is 0 Å². The summed E-state index contributed by atoms with van der Waals surface area (Å²) in [4.78, 5) is 48.3. The molecule has 0 aliphatic heterocycles. The maximum Gasteiger partial charge on any atom is 0.335 e. The minimum Gasteiger partial charge on any atom is -0.507 e. The van der Waals surface area contributed by atoms with E-state index in [0.717, 1.165) is 0 Å². The van der Waals surface area contributed by atoms with E-state index in [-0.39, 0.29) is 34.4 Å². The summed E-state index contributed by atoms with van der Waals surface area (Å²) in [5.41, 5.74) is 0.510. The van der Waals surface area contributed by atoms with Crippen LogP contribution in [0.4, 0.5) is 0 Å². The highest BCUT2D eigenvalue weighted by Gasteiger charge is 2.38. The molecule has 7 nitrogen and oxygen atoms in total. The number of fused-ring (bicyclic) bond motifs is 1. The zero-order valence-electron chi connectivity index (χ0n) is 14.8. The molecule has 0 radical (unpaired) electrons. The minimum absolute atomic E-state index is 0.0233. The lowest BCUT2D eigenvalue weighted by molar-refractivity contribution is -0.140. The average molecular weight is 380 g/mol. The molecule has 142 valence electrons. The number of Topliss-reactive ketones (excluding diaryl/α,β-unsaturated/α-hetero) is 2. The van der Waals surface area contributed by atoms with E-state index < -0.39 is 29.4 Å². The third kappa shape index (κ3) is 3.29. The van der Waals surface area contributed by atoms with E-state index in [1.165, 1.54) is 43.5 Å². The second-order valence-electron chi connectivity index (χ2n) is 6.23. The molecule has 28 heavy (non-hydrogen) atoms. The highest BCUT2D eigenvalue weighted by atomic mass is 16.5. The molecule has 0 spiro atoms. The molecule has 0 aromatic heterocycles. The summed E-state index contributed by atoms with van der Waals surface area (Å²) < 4.78 is 4.69. The Morgan fingerprint density at radius 1 is 0.964 bits per heavy atom. The maximum absolute atomic E-state index is 12.7. The van der Waals surface area contributed by atoms with Crippen molar-refractivity contribution in [1.82, 2.24) is 0 Å². The van der Waals surface area contributed by atoms with Gasteiger partial charge in [0.15, 0.2) is 0 Å². The second-order valence-corrected chi connectivity index (χ2v) is 6.23. The molecular formula is C21H16O7. The summed E-state index contributed by atoms with van der Waals surface area (Å²) in [6.45, 7) is 0. The Labute approximate surface area is 159 Å². The van der Waals surface area contributed by atoms with Crippen LogP contribution in [0, 0.1) is 0 Å². The second kappa shape index (κ2) is 7.48. The van der Waals surface area contributed by atoms with Crippen molar-refractivity contribution >= 4 is 29.3 Å². The third-order valence-electron chi connectivity index (χ3n) is 4.64. The van der Waals surface area contributed by atoms with Gasteiger partial charge in [0.05, 0.1) is 24.7 Å². The summed E-state index contributed by atoms with van der Waals surface area (Å²) >= 11 is 0. The Morgan fingerprint density at radius 3 is 2.14 bits per heavy atom. The van der Waals surface area contributed by atoms with Gasteiger partial charge < -0.3 is 14.9 Å². The van der Waals surface area contributed by atoms with E-state index in [9.17, 15) is 24.3 Å². The molecular weight excluding hydrogens is 364 g/mol. The zero-order chi connectivity index (χ0) is 20.4. The summed E-state index contributed by atoms with van der Waals surface area (Å²) in [7, 11) is 1.18. The molecule has 0 fully saturated rings. The van der Waals surface area contributed by atoms with Gasteiger partial charge in [0.1, 0.15) is 5.76 Å². The number of allylic oxidation sites excluding steroid dienone is 1. The fraction of sp³-hybridized carbons (Fsp3) is 0.143. The molecule has 7 heteroatoms. The van der Waals surface area contributed by atoms with Crippen molar-refractivity contribution in [3.8, 4) is 0 Å². The number of hydrogen-bond donors (Lipinski definition) is 2. The number of aliphatic hydroxyl groups is 1. The van der Waals surface area contributed by atoms with Gasteiger partial charge in [0.2, 0.25) is 11.6 Å². The molecule has 3 rings (SSSR count). The number of benzene rings is 2. The lowest BCUT2D eigenvalue weighted by Crippen LogP contribution is -2.28. The number of esters is 1. The third-order valence-corrected chi connectivity index (χ3v) is 4.64. The number of aromatic carboxylic acids is 1. The van der Waals surface area contributed by atoms with Gasteiger partial charge in [-0.25, -0.2) is 4.79 Å². The number of hydrogen-bond acceptors (Lipinski definition) is 6. The summed E-state index contributed by atoms with van der Waals surface area (Å²) in [5.74, 6) is -4.81. The van der Waals surface area contributed by atoms with Crippen LogP contribution in [0.3, 0.4) is 0 Å². The molecule has 0 amide bonds. The zero-order valence-corrected chi connectivity index (χ0v) is 14.8. The van der Waals surface area contributed by atoms with Crippen LogP contribution in [0.15, 0.2) is 54.1 Å². The number of methoxy groups -OCH3 is 1. The van der Waals surface area contributed by atoms with Crippen molar-refractivity contribution in [3.63, 3.8) is 0 Å². The lowest BCUT2D eigenvalue weighted by atomic mass is 9.78. The quantitative estimate of drug-likeness (QED) is 0.605. The number of rotatable bonds is 5. The van der Waals surface area contributed by atoms with Crippen LogP contribution in [0.25, 0.3) is 5.76 Å². The summed E-state index contributed by atoms with van der Waals surface area (Å²) in [6.07, 6.45) is -0.302. The number of ketones is 2. The topological polar surface area (TPSA) is 118 Å². The van der Waals surface area contributed by atoms with Gasteiger partial charge in [-0.3, -0.25) is 14.4 Å². The van der Waals surface area contributed by atoms with Crippen molar-refractivity contribution in [2.75, 3.05) is 7.11 Å². The largest absolute Gasteiger partial charge is 0.507 e. The molecule has 0 heterocycles. The summed E-state index contributed by atoms with van der Waals surface area (Å²) in [5, 5.41) is 19.8. The fourth-order valence-corrected chi connectivity index (χ4v) is 3.20. The Kier molecular flexibility index (Phi) is 5.08. The van der Waals surface area contributed by atoms with Gasteiger partial charge in [0, 0.05) is 17.0 Å². The first-order valence-corrected chi connectivity index (χ1v) is 8.36. The Balaban J connectivity index is 2.17. The van der Waals surface area contributed by atoms with Crippen LogP contribution in [-0.4, -0.2) is 40.8 Å². The number of ether oxygens (including phenoxy) is 1. The highest BCUT2D eigenvalue weighted by Crippen LogP contribution is 2.38. The highest BCUT2D eigenvalue weighted by molar-refractivity contribution is 6.52. The number of carbonyl (C=O) groups is 4. The SMILES string of the molecule is COC(=O)CC(C1=C(O)c2ccccc2C(=O)C1=O)c1ccc(C(=O)O)cc1. The van der Waals surface area contributed by atoms with Gasteiger partial charge in [-0.2, -0.15) is 0 Å². The van der Waals surface area contributed by atoms with E-state index in [4.69, 9.17) is 5.11 Å². The molecule has 2 N–H and O–H groups in total. The number of carboxylic acids is 1. The van der Waals surface area contributed by atoms with Crippen LogP contribution < -0.4 is 0 Å². The Hall–Kier alpha value is -3.74. The maximum atomic E-state index is 12.7. The van der Waals surface area contributed by atoms with Crippen molar-refractivity contribution < 1.29 is 34.1 Å².